The zero-order valence-corrected chi connectivity index (χ0v) is 25.4. The van der Waals surface area contributed by atoms with E-state index in [-0.39, 0.29) is 11.3 Å². The van der Waals surface area contributed by atoms with Gasteiger partial charge in [-0.1, -0.05) is 51.1 Å². The minimum absolute atomic E-state index is 0.0815. The molecular weight excluding hydrogens is 484 g/mol. The SMILES string of the molecule is CC1=CC(C(C)(C)C)=C[C+](C)C1=C=C1C(Br)=CC(C#C[Si](C)(C)C)C=C1C#C[Si](C)(C)C. The second-order valence-corrected chi connectivity index (χ2v) is 22.2. The van der Waals surface area contributed by atoms with E-state index in [9.17, 15) is 0 Å². The van der Waals surface area contributed by atoms with Crippen LogP contribution < -0.4 is 0 Å². The molecule has 168 valence electrons. The summed E-state index contributed by atoms with van der Waals surface area (Å²) in [6.07, 6.45) is 9.02. The highest BCUT2D eigenvalue weighted by atomic mass is 79.9. The van der Waals surface area contributed by atoms with Crippen molar-refractivity contribution in [2.45, 2.75) is 73.9 Å². The van der Waals surface area contributed by atoms with Crippen molar-refractivity contribution in [1.29, 1.82) is 0 Å². The molecule has 1 unspecified atom stereocenters. The molecule has 2 aliphatic carbocycles. The van der Waals surface area contributed by atoms with Crippen molar-refractivity contribution in [2.24, 2.45) is 11.3 Å². The Kier molecular flexibility index (Phi) is 8.08. The second-order valence-electron chi connectivity index (χ2n) is 11.9. The molecular formula is C29H38BrSi2+. The number of allylic oxidation sites excluding steroid dienone is 9. The summed E-state index contributed by atoms with van der Waals surface area (Å²) in [5.74, 6) is 8.32. The Labute approximate surface area is 207 Å². The predicted octanol–water partition coefficient (Wildman–Crippen LogP) is 8.56. The molecule has 3 heteroatoms. The first-order valence-electron chi connectivity index (χ1n) is 11.4. The molecule has 0 saturated carbocycles. The molecule has 0 radical (unpaired) electrons. The zero-order chi connectivity index (χ0) is 24.5. The van der Waals surface area contributed by atoms with E-state index in [4.69, 9.17) is 0 Å². The molecule has 0 saturated heterocycles. The minimum Gasteiger partial charge on any atom is -0.131 e. The highest BCUT2D eigenvalue weighted by Crippen LogP contribution is 2.38. The van der Waals surface area contributed by atoms with Gasteiger partial charge in [0.05, 0.1) is 23.0 Å². The summed E-state index contributed by atoms with van der Waals surface area (Å²) in [5.41, 5.74) is 16.8. The quantitative estimate of drug-likeness (QED) is 0.129. The van der Waals surface area contributed by atoms with Crippen molar-refractivity contribution < 1.29 is 0 Å². The fourth-order valence-electron chi connectivity index (χ4n) is 3.27. The summed E-state index contributed by atoms with van der Waals surface area (Å²) in [4.78, 5) is 0. The first kappa shape index (κ1) is 26.6. The maximum atomic E-state index is 3.84. The Bertz CT molecular complexity index is 1090. The zero-order valence-electron chi connectivity index (χ0n) is 21.8. The Morgan fingerprint density at radius 3 is 2.06 bits per heavy atom. The van der Waals surface area contributed by atoms with Gasteiger partial charge >= 0.3 is 0 Å². The lowest BCUT2D eigenvalue weighted by molar-refractivity contribution is 0.514. The summed E-state index contributed by atoms with van der Waals surface area (Å²) >= 11 is 3.84. The van der Waals surface area contributed by atoms with Crippen LogP contribution in [-0.4, -0.2) is 16.1 Å². The number of hydrogen-bond donors (Lipinski definition) is 0. The number of halogens is 1. The van der Waals surface area contributed by atoms with Gasteiger partial charge in [-0.05, 0) is 62.7 Å². The van der Waals surface area contributed by atoms with Gasteiger partial charge in [0, 0.05) is 38.9 Å². The lowest BCUT2D eigenvalue weighted by Crippen LogP contribution is -2.17. The molecule has 0 aromatic heterocycles. The fraction of sp³-hybridized carbons (Fsp3) is 0.448. The van der Waals surface area contributed by atoms with Gasteiger partial charge in [-0.3, -0.25) is 0 Å². The van der Waals surface area contributed by atoms with E-state index in [1.165, 1.54) is 17.1 Å². The molecule has 0 aromatic carbocycles. The van der Waals surface area contributed by atoms with Crippen molar-refractivity contribution in [3.63, 3.8) is 0 Å². The maximum Gasteiger partial charge on any atom is 0.153 e. The van der Waals surface area contributed by atoms with Gasteiger partial charge < -0.3 is 0 Å². The standard InChI is InChI=1S/C29H38BrSi2/c1-21-16-25(29(3,4)5)17-22(2)26(21)20-27-24(13-15-32(9,10)11)18-23(19-28(27)30)12-14-31(6,7)8/h16-19,23H,1-11H3/q+1. The van der Waals surface area contributed by atoms with Crippen molar-refractivity contribution in [1.82, 2.24) is 0 Å². The molecule has 0 amide bonds. The topological polar surface area (TPSA) is 0 Å². The van der Waals surface area contributed by atoms with Gasteiger partial charge in [-0.25, -0.2) is 0 Å². The number of hydrogen-bond acceptors (Lipinski definition) is 0. The fourth-order valence-corrected chi connectivity index (χ4v) is 4.98. The third-order valence-corrected chi connectivity index (χ3v) is 7.45. The van der Waals surface area contributed by atoms with Gasteiger partial charge in [0.2, 0.25) is 0 Å². The molecule has 0 spiro atoms. The van der Waals surface area contributed by atoms with Crippen LogP contribution in [0.3, 0.4) is 0 Å². The molecule has 2 rings (SSSR count). The molecule has 0 heterocycles. The van der Waals surface area contributed by atoms with Crippen LogP contribution in [0, 0.1) is 40.2 Å². The minimum atomic E-state index is -1.51. The van der Waals surface area contributed by atoms with Gasteiger partial charge in [-0.2, -0.15) is 0 Å². The summed E-state index contributed by atoms with van der Waals surface area (Å²) in [6.45, 7) is 24.8. The summed E-state index contributed by atoms with van der Waals surface area (Å²) in [7, 11) is -2.95. The van der Waals surface area contributed by atoms with Crippen LogP contribution in [0.15, 0.2) is 62.4 Å². The van der Waals surface area contributed by atoms with Crippen molar-refractivity contribution in [3.8, 4) is 22.9 Å². The smallest absolute Gasteiger partial charge is 0.131 e. The molecule has 0 aliphatic heterocycles. The molecule has 0 nitrogen and oxygen atoms in total. The maximum absolute atomic E-state index is 3.84. The highest BCUT2D eigenvalue weighted by molar-refractivity contribution is 9.12. The van der Waals surface area contributed by atoms with Crippen LogP contribution in [-0.2, 0) is 0 Å². The molecule has 0 aromatic rings. The van der Waals surface area contributed by atoms with Gasteiger partial charge in [0.15, 0.2) is 5.57 Å². The van der Waals surface area contributed by atoms with Crippen LogP contribution >= 0.6 is 15.9 Å². The van der Waals surface area contributed by atoms with Crippen molar-refractivity contribution in [2.75, 3.05) is 0 Å². The van der Waals surface area contributed by atoms with E-state index >= 15 is 0 Å². The van der Waals surface area contributed by atoms with Crippen LogP contribution in [0.4, 0.5) is 0 Å². The Morgan fingerprint density at radius 2 is 1.56 bits per heavy atom. The van der Waals surface area contributed by atoms with Crippen LogP contribution in [0.2, 0.25) is 39.3 Å². The molecule has 0 fully saturated rings. The average molecular weight is 523 g/mol. The van der Waals surface area contributed by atoms with E-state index < -0.39 is 16.1 Å². The van der Waals surface area contributed by atoms with E-state index in [2.05, 4.69) is 143 Å². The lowest BCUT2D eigenvalue weighted by Gasteiger charge is -2.21. The van der Waals surface area contributed by atoms with Crippen LogP contribution in [0.25, 0.3) is 0 Å². The van der Waals surface area contributed by atoms with Gasteiger partial charge in [-0.15, -0.1) is 11.1 Å². The molecule has 2 aliphatic rings. The largest absolute Gasteiger partial charge is 0.153 e. The predicted molar refractivity (Wildman–Crippen MR) is 152 cm³/mol. The normalized spacial score (nSPS) is 19.5. The molecule has 0 N–H and O–H groups in total. The van der Waals surface area contributed by atoms with Gasteiger partial charge in [0.1, 0.15) is 16.1 Å². The third-order valence-electron chi connectivity index (χ3n) is 5.01. The van der Waals surface area contributed by atoms with E-state index in [0.29, 0.717) is 0 Å². The first-order chi connectivity index (χ1) is 14.5. The van der Waals surface area contributed by atoms with Crippen LogP contribution in [0.5, 0.6) is 0 Å². The Hall–Kier alpha value is -1.62. The molecule has 1 atom stereocenters. The highest BCUT2D eigenvalue weighted by Gasteiger charge is 2.30. The average Bonchev–Trinajstić information content (AvgIpc) is 2.60. The van der Waals surface area contributed by atoms with E-state index in [1.54, 1.807) is 0 Å². The Morgan fingerprint density at radius 1 is 0.969 bits per heavy atom. The summed E-state index contributed by atoms with van der Waals surface area (Å²) < 4.78 is 1.04. The summed E-state index contributed by atoms with van der Waals surface area (Å²) in [5, 5.41) is 0. The second kappa shape index (κ2) is 9.71. The monoisotopic (exact) mass is 521 g/mol. The first-order valence-corrected chi connectivity index (χ1v) is 19.2. The number of rotatable bonds is 0. The van der Waals surface area contributed by atoms with Crippen molar-refractivity contribution >= 4 is 32.1 Å². The van der Waals surface area contributed by atoms with E-state index in [1.807, 2.05) is 0 Å². The Balaban J connectivity index is 2.67. The summed E-state index contributed by atoms with van der Waals surface area (Å²) in [6, 6.07) is 0. The van der Waals surface area contributed by atoms with E-state index in [0.717, 1.165) is 21.2 Å². The molecule has 0 bridgehead atoms. The molecule has 32 heavy (non-hydrogen) atoms. The van der Waals surface area contributed by atoms with Crippen molar-refractivity contribution in [3.05, 3.63) is 68.3 Å². The third kappa shape index (κ3) is 7.76. The lowest BCUT2D eigenvalue weighted by atomic mass is 9.77. The van der Waals surface area contributed by atoms with Crippen LogP contribution in [0.1, 0.15) is 34.6 Å². The van der Waals surface area contributed by atoms with Gasteiger partial charge in [0.25, 0.3) is 0 Å².